The zero-order chi connectivity index (χ0) is 6.95. The van der Waals surface area contributed by atoms with Gasteiger partial charge in [0.25, 0.3) is 0 Å². The van der Waals surface area contributed by atoms with Crippen LogP contribution < -0.4 is 0 Å². The fourth-order valence-corrected chi connectivity index (χ4v) is 1.52. The molecule has 0 unspecified atom stereocenters. The molecule has 0 aliphatic rings. The second-order valence-corrected chi connectivity index (χ2v) is 3.75. The highest BCUT2D eigenvalue weighted by Crippen LogP contribution is 2.05. The number of hydrogen-bond donors (Lipinski definition) is 0. The molecule has 0 aromatic rings. The molecular weight excluding hydrogens is 147 g/mol. The summed E-state index contributed by atoms with van der Waals surface area (Å²) in [6, 6.07) is 0. The number of unbranched alkanes of at least 4 members (excludes halogenated alkanes) is 4. The molecule has 0 heterocycles. The molecule has 0 aromatic heterocycles. The second kappa shape index (κ2) is 8.52. The van der Waals surface area contributed by atoms with E-state index in [1.807, 2.05) is 0 Å². The SMILES string of the molecule is CCCCCCCP=S. The van der Waals surface area contributed by atoms with Gasteiger partial charge in [0.05, 0.1) is 0 Å². The average molecular weight is 162 g/mol. The normalized spacial score (nSPS) is 10.3. The Morgan fingerprint density at radius 3 is 2.33 bits per heavy atom. The highest BCUT2D eigenvalue weighted by atomic mass is 32.4. The van der Waals surface area contributed by atoms with Gasteiger partial charge in [-0.2, -0.15) is 0 Å². The van der Waals surface area contributed by atoms with Gasteiger partial charge in [0.2, 0.25) is 0 Å². The van der Waals surface area contributed by atoms with E-state index in [1.54, 1.807) is 0 Å². The first-order valence-electron chi connectivity index (χ1n) is 3.71. The third-order valence-electron chi connectivity index (χ3n) is 1.35. The third kappa shape index (κ3) is 8.52. The summed E-state index contributed by atoms with van der Waals surface area (Å²) < 4.78 is 0. The molecule has 0 saturated heterocycles. The monoisotopic (exact) mass is 162 g/mol. The summed E-state index contributed by atoms with van der Waals surface area (Å²) >= 11 is 4.80. The number of hydrogen-bond acceptors (Lipinski definition) is 1. The molecule has 0 rings (SSSR count). The molecule has 0 amide bonds. The molecule has 0 N–H and O–H groups in total. The van der Waals surface area contributed by atoms with Crippen LogP contribution in [-0.2, 0) is 11.8 Å². The molecule has 2 heteroatoms. The molecule has 0 aromatic carbocycles. The van der Waals surface area contributed by atoms with E-state index in [2.05, 4.69) is 6.92 Å². The van der Waals surface area contributed by atoms with E-state index in [0.29, 0.717) is 0 Å². The molecule has 0 nitrogen and oxygen atoms in total. The standard InChI is InChI=1S/C7H15PS/c1-2-3-4-5-6-7-8-9/h2-7H2,1H3. The lowest BCUT2D eigenvalue weighted by Gasteiger charge is -1.93. The molecule has 0 spiro atoms. The van der Waals surface area contributed by atoms with Gasteiger partial charge in [-0.15, -0.1) is 0 Å². The summed E-state index contributed by atoms with van der Waals surface area (Å²) in [4.78, 5) is 0. The van der Waals surface area contributed by atoms with Gasteiger partial charge in [-0.1, -0.05) is 44.4 Å². The maximum atomic E-state index is 4.80. The summed E-state index contributed by atoms with van der Waals surface area (Å²) in [6.07, 6.45) is 8.09. The van der Waals surface area contributed by atoms with Crippen LogP contribution in [0.25, 0.3) is 0 Å². The fourth-order valence-electron chi connectivity index (χ4n) is 0.780. The van der Waals surface area contributed by atoms with E-state index in [4.69, 9.17) is 11.8 Å². The maximum absolute atomic E-state index is 4.80. The van der Waals surface area contributed by atoms with Crippen LogP contribution in [0, 0.1) is 0 Å². The van der Waals surface area contributed by atoms with E-state index in [1.165, 1.54) is 38.3 Å². The Bertz CT molecular complexity index is 63.9. The molecular formula is C7H15PS. The summed E-state index contributed by atoms with van der Waals surface area (Å²) in [5.41, 5.74) is 0. The minimum atomic E-state index is 1.15. The van der Waals surface area contributed by atoms with Crippen molar-refractivity contribution in [3.05, 3.63) is 0 Å². The Hall–Kier alpha value is 0.520. The molecule has 0 bridgehead atoms. The Labute approximate surface area is 64.9 Å². The van der Waals surface area contributed by atoms with Crippen molar-refractivity contribution in [1.29, 1.82) is 0 Å². The molecule has 0 atom stereocenters. The Kier molecular flexibility index (Phi) is 9.01. The third-order valence-corrected chi connectivity index (χ3v) is 2.40. The Morgan fingerprint density at radius 2 is 1.78 bits per heavy atom. The van der Waals surface area contributed by atoms with Crippen LogP contribution in [0.3, 0.4) is 0 Å². The van der Waals surface area contributed by atoms with Crippen molar-refractivity contribution in [3.8, 4) is 0 Å². The summed E-state index contributed by atoms with van der Waals surface area (Å²) in [7, 11) is 1.15. The van der Waals surface area contributed by atoms with Crippen LogP contribution >= 0.6 is 7.36 Å². The first kappa shape index (κ1) is 9.52. The van der Waals surface area contributed by atoms with Gasteiger partial charge in [0.15, 0.2) is 0 Å². The van der Waals surface area contributed by atoms with Crippen molar-refractivity contribution in [2.24, 2.45) is 0 Å². The smallest absolute Gasteiger partial charge is 0.000157 e. The van der Waals surface area contributed by atoms with Crippen molar-refractivity contribution in [2.75, 3.05) is 6.16 Å². The molecule has 9 heavy (non-hydrogen) atoms. The predicted octanol–water partition coefficient (Wildman–Crippen LogP) is 3.36. The van der Waals surface area contributed by atoms with Gasteiger partial charge in [-0.05, 0) is 19.9 Å². The van der Waals surface area contributed by atoms with Crippen molar-refractivity contribution in [1.82, 2.24) is 0 Å². The lowest BCUT2D eigenvalue weighted by Crippen LogP contribution is -1.76. The van der Waals surface area contributed by atoms with Gasteiger partial charge in [-0.3, -0.25) is 0 Å². The minimum Gasteiger partial charge on any atom is -0.0654 e. The van der Waals surface area contributed by atoms with Crippen LogP contribution in [0.4, 0.5) is 0 Å². The Morgan fingerprint density at radius 1 is 1.11 bits per heavy atom. The summed E-state index contributed by atoms with van der Waals surface area (Å²) in [5, 5.41) is 0. The van der Waals surface area contributed by atoms with Gasteiger partial charge >= 0.3 is 0 Å². The highest BCUT2D eigenvalue weighted by molar-refractivity contribution is 7.96. The quantitative estimate of drug-likeness (QED) is 0.426. The predicted molar refractivity (Wildman–Crippen MR) is 47.9 cm³/mol. The molecule has 0 radical (unpaired) electrons. The van der Waals surface area contributed by atoms with Crippen LogP contribution in [0.5, 0.6) is 0 Å². The molecule has 0 saturated carbocycles. The molecule has 0 fully saturated rings. The van der Waals surface area contributed by atoms with Crippen molar-refractivity contribution < 1.29 is 0 Å². The zero-order valence-electron chi connectivity index (χ0n) is 6.10. The summed E-state index contributed by atoms with van der Waals surface area (Å²) in [5.74, 6) is 0. The van der Waals surface area contributed by atoms with Crippen molar-refractivity contribution in [2.45, 2.75) is 39.0 Å². The molecule has 0 aliphatic carbocycles. The van der Waals surface area contributed by atoms with Gasteiger partial charge in [-0.25, -0.2) is 0 Å². The molecule has 0 aliphatic heterocycles. The molecule has 54 valence electrons. The topological polar surface area (TPSA) is 0 Å². The summed E-state index contributed by atoms with van der Waals surface area (Å²) in [6.45, 7) is 2.24. The lowest BCUT2D eigenvalue weighted by molar-refractivity contribution is 0.659. The van der Waals surface area contributed by atoms with Crippen LogP contribution in [-0.4, -0.2) is 6.16 Å². The van der Waals surface area contributed by atoms with E-state index >= 15 is 0 Å². The van der Waals surface area contributed by atoms with Gasteiger partial charge < -0.3 is 0 Å². The van der Waals surface area contributed by atoms with Crippen LogP contribution in [0.1, 0.15) is 39.0 Å². The van der Waals surface area contributed by atoms with E-state index in [0.717, 1.165) is 7.36 Å². The first-order chi connectivity index (χ1) is 4.41. The van der Waals surface area contributed by atoms with Crippen LogP contribution in [0.2, 0.25) is 0 Å². The number of rotatable bonds is 6. The van der Waals surface area contributed by atoms with E-state index in [9.17, 15) is 0 Å². The first-order valence-corrected chi connectivity index (χ1v) is 5.80. The minimum absolute atomic E-state index is 1.15. The van der Waals surface area contributed by atoms with E-state index < -0.39 is 0 Å². The van der Waals surface area contributed by atoms with Gasteiger partial charge in [0, 0.05) is 0 Å². The van der Waals surface area contributed by atoms with Crippen LogP contribution in [0.15, 0.2) is 0 Å². The Balaban J connectivity index is 2.66. The lowest BCUT2D eigenvalue weighted by atomic mass is 10.2. The largest absolute Gasteiger partial charge is 0.0654 e. The van der Waals surface area contributed by atoms with Crippen molar-refractivity contribution >= 4 is 19.2 Å². The van der Waals surface area contributed by atoms with Gasteiger partial charge in [0.1, 0.15) is 0 Å². The van der Waals surface area contributed by atoms with E-state index in [-0.39, 0.29) is 0 Å². The zero-order valence-corrected chi connectivity index (χ0v) is 7.81. The fraction of sp³-hybridized carbons (Fsp3) is 1.00. The average Bonchev–Trinajstić information content (AvgIpc) is 1.89. The second-order valence-electron chi connectivity index (χ2n) is 2.27. The van der Waals surface area contributed by atoms with Crippen molar-refractivity contribution in [3.63, 3.8) is 0 Å². The highest BCUT2D eigenvalue weighted by Gasteiger charge is 1.85. The maximum Gasteiger partial charge on any atom is -0.000157 e.